The zero-order chi connectivity index (χ0) is 16.4. The Morgan fingerprint density at radius 1 is 1.04 bits per heavy atom. The molecule has 0 aliphatic carbocycles. The van der Waals surface area contributed by atoms with Crippen molar-refractivity contribution in [3.63, 3.8) is 0 Å². The summed E-state index contributed by atoms with van der Waals surface area (Å²) in [6, 6.07) is 16.3. The van der Waals surface area contributed by atoms with Crippen molar-refractivity contribution in [2.45, 2.75) is 19.3 Å². The van der Waals surface area contributed by atoms with Gasteiger partial charge in [-0.15, -0.1) is 0 Å². The van der Waals surface area contributed by atoms with Crippen molar-refractivity contribution in [2.75, 3.05) is 19.1 Å². The number of hydrogen-bond donors (Lipinski definition) is 0. The molecule has 0 spiro atoms. The second-order valence-corrected chi connectivity index (χ2v) is 6.23. The smallest absolute Gasteiger partial charge is 0.119 e. The third-order valence-corrected chi connectivity index (χ3v) is 4.47. The molecular weight excluding hydrogens is 284 g/mol. The molecule has 0 N–H and O–H groups in total. The van der Waals surface area contributed by atoms with Crippen LogP contribution in [0.1, 0.15) is 19.4 Å². The highest BCUT2D eigenvalue weighted by molar-refractivity contribution is 5.80. The maximum absolute atomic E-state index is 5.16. The van der Waals surface area contributed by atoms with E-state index in [0.29, 0.717) is 0 Å². The summed E-state index contributed by atoms with van der Waals surface area (Å²) >= 11 is 0. The molecular formula is C20H22N2O. The van der Waals surface area contributed by atoms with E-state index in [4.69, 9.17) is 4.74 Å². The maximum Gasteiger partial charge on any atom is 0.119 e. The van der Waals surface area contributed by atoms with Crippen molar-refractivity contribution < 1.29 is 4.74 Å². The van der Waals surface area contributed by atoms with Crippen molar-refractivity contribution in [3.05, 3.63) is 65.9 Å². The van der Waals surface area contributed by atoms with Crippen molar-refractivity contribution in [3.8, 4) is 5.75 Å². The average molecular weight is 306 g/mol. The number of anilines is 1. The quantitative estimate of drug-likeness (QED) is 0.767. The van der Waals surface area contributed by atoms with Gasteiger partial charge >= 0.3 is 0 Å². The Hall–Kier alpha value is -2.55. The first kappa shape index (κ1) is 15.3. The Morgan fingerprint density at radius 3 is 2.39 bits per heavy atom. The molecule has 0 saturated heterocycles. The van der Waals surface area contributed by atoms with E-state index in [1.165, 1.54) is 16.9 Å². The normalized spacial score (nSPS) is 17.7. The van der Waals surface area contributed by atoms with E-state index in [1.807, 2.05) is 30.5 Å². The van der Waals surface area contributed by atoms with Crippen LogP contribution in [-0.4, -0.2) is 20.4 Å². The van der Waals surface area contributed by atoms with E-state index in [0.717, 1.165) is 11.4 Å². The predicted octanol–water partition coefficient (Wildman–Crippen LogP) is 4.71. The van der Waals surface area contributed by atoms with Gasteiger partial charge in [-0.25, -0.2) is 0 Å². The van der Waals surface area contributed by atoms with Gasteiger partial charge in [-0.3, -0.25) is 4.99 Å². The summed E-state index contributed by atoms with van der Waals surface area (Å²) in [6.07, 6.45) is 3.98. The van der Waals surface area contributed by atoms with Crippen LogP contribution in [0.4, 0.5) is 11.4 Å². The number of benzene rings is 2. The van der Waals surface area contributed by atoms with Crippen LogP contribution in [0, 0.1) is 0 Å². The molecule has 3 heteroatoms. The summed E-state index contributed by atoms with van der Waals surface area (Å²) < 4.78 is 5.16. The molecule has 3 nitrogen and oxygen atoms in total. The van der Waals surface area contributed by atoms with E-state index in [1.54, 1.807) is 7.11 Å². The molecule has 0 aromatic heterocycles. The minimum atomic E-state index is -0.0166. The number of ether oxygens (including phenoxy) is 1. The average Bonchev–Trinajstić information content (AvgIpc) is 2.76. The molecule has 2 aromatic rings. The Labute approximate surface area is 137 Å². The number of nitrogens with zero attached hydrogens (tertiary/aromatic N) is 2. The third kappa shape index (κ3) is 2.74. The second-order valence-electron chi connectivity index (χ2n) is 6.23. The lowest BCUT2D eigenvalue weighted by atomic mass is 9.84. The standard InChI is InChI=1S/C20H22N2O/c1-20(2)17-7-5-6-8-18(17)22(3)19(20)13-14-21-15-9-11-16(23-4)12-10-15/h5-14H,1-4H3/b19-13-,21-14?. The number of aliphatic imine (C=N–C) groups is 1. The van der Waals surface area contributed by atoms with Gasteiger partial charge in [-0.05, 0) is 42.0 Å². The number of allylic oxidation sites excluding steroid dienone is 2. The zero-order valence-corrected chi connectivity index (χ0v) is 14.1. The number of methoxy groups -OCH3 is 1. The molecule has 1 aliphatic heterocycles. The highest BCUT2D eigenvalue weighted by atomic mass is 16.5. The number of rotatable bonds is 3. The van der Waals surface area contributed by atoms with Gasteiger partial charge < -0.3 is 9.64 Å². The third-order valence-electron chi connectivity index (χ3n) is 4.47. The van der Waals surface area contributed by atoms with Crippen molar-refractivity contribution in [1.82, 2.24) is 0 Å². The van der Waals surface area contributed by atoms with Crippen LogP contribution in [0.2, 0.25) is 0 Å². The molecule has 0 fully saturated rings. The Balaban J connectivity index is 1.86. The number of hydrogen-bond acceptors (Lipinski definition) is 3. The maximum atomic E-state index is 5.16. The van der Waals surface area contributed by atoms with Crippen LogP contribution in [0.15, 0.2) is 65.3 Å². The molecule has 0 saturated carbocycles. The number of para-hydroxylation sites is 1. The minimum Gasteiger partial charge on any atom is -0.497 e. The summed E-state index contributed by atoms with van der Waals surface area (Å²) in [6.45, 7) is 4.50. The topological polar surface area (TPSA) is 24.8 Å². The highest BCUT2D eigenvalue weighted by Gasteiger charge is 2.37. The van der Waals surface area contributed by atoms with Crippen LogP contribution in [0.5, 0.6) is 5.75 Å². The van der Waals surface area contributed by atoms with Crippen LogP contribution in [0.3, 0.4) is 0 Å². The van der Waals surface area contributed by atoms with E-state index in [2.05, 4.69) is 61.1 Å². The van der Waals surface area contributed by atoms with Gasteiger partial charge in [0.2, 0.25) is 0 Å². The molecule has 0 amide bonds. The monoisotopic (exact) mass is 306 g/mol. The first-order chi connectivity index (χ1) is 11.0. The Kier molecular flexibility index (Phi) is 3.95. The van der Waals surface area contributed by atoms with Crippen LogP contribution < -0.4 is 9.64 Å². The van der Waals surface area contributed by atoms with Gasteiger partial charge in [0.05, 0.1) is 12.8 Å². The molecule has 0 atom stereocenters. The number of likely N-dealkylation sites (N-methyl/N-ethyl adjacent to an activating group) is 1. The molecule has 118 valence electrons. The molecule has 1 heterocycles. The van der Waals surface area contributed by atoms with Crippen LogP contribution in [-0.2, 0) is 5.41 Å². The SMILES string of the molecule is COc1ccc(N=C/C=C2\N(C)c3ccccc3C2(C)C)cc1. The Morgan fingerprint density at radius 2 is 1.74 bits per heavy atom. The zero-order valence-electron chi connectivity index (χ0n) is 14.1. The summed E-state index contributed by atoms with van der Waals surface area (Å²) in [5.41, 5.74) is 4.76. The second kappa shape index (κ2) is 5.92. The first-order valence-electron chi connectivity index (χ1n) is 7.76. The molecule has 23 heavy (non-hydrogen) atoms. The fourth-order valence-electron chi connectivity index (χ4n) is 3.16. The molecule has 3 rings (SSSR count). The largest absolute Gasteiger partial charge is 0.497 e. The van der Waals surface area contributed by atoms with Crippen molar-refractivity contribution >= 4 is 17.6 Å². The summed E-state index contributed by atoms with van der Waals surface area (Å²) in [5.74, 6) is 0.842. The predicted molar refractivity (Wildman–Crippen MR) is 97.1 cm³/mol. The molecule has 1 aliphatic rings. The molecule has 0 bridgehead atoms. The van der Waals surface area contributed by atoms with Gasteiger partial charge in [0.25, 0.3) is 0 Å². The fourth-order valence-corrected chi connectivity index (χ4v) is 3.16. The molecule has 0 radical (unpaired) electrons. The summed E-state index contributed by atoms with van der Waals surface area (Å²) in [4.78, 5) is 6.77. The van der Waals surface area contributed by atoms with Gasteiger partial charge in [0.15, 0.2) is 0 Å². The van der Waals surface area contributed by atoms with Gasteiger partial charge in [0, 0.05) is 30.1 Å². The summed E-state index contributed by atoms with van der Waals surface area (Å²) in [7, 11) is 3.78. The fraction of sp³-hybridized carbons (Fsp3) is 0.250. The van der Waals surface area contributed by atoms with Crippen LogP contribution >= 0.6 is 0 Å². The van der Waals surface area contributed by atoms with Gasteiger partial charge in [-0.2, -0.15) is 0 Å². The number of fused-ring (bicyclic) bond motifs is 1. The van der Waals surface area contributed by atoms with E-state index >= 15 is 0 Å². The lowest BCUT2D eigenvalue weighted by molar-refractivity contribution is 0.415. The van der Waals surface area contributed by atoms with Gasteiger partial charge in [0.1, 0.15) is 5.75 Å². The lowest BCUT2D eigenvalue weighted by Gasteiger charge is -2.23. The first-order valence-corrected chi connectivity index (χ1v) is 7.76. The molecule has 0 unspecified atom stereocenters. The summed E-state index contributed by atoms with van der Waals surface area (Å²) in [5, 5.41) is 0. The highest BCUT2D eigenvalue weighted by Crippen LogP contribution is 2.46. The van der Waals surface area contributed by atoms with E-state index in [9.17, 15) is 0 Å². The lowest BCUT2D eigenvalue weighted by Crippen LogP contribution is -2.22. The van der Waals surface area contributed by atoms with Crippen LogP contribution in [0.25, 0.3) is 0 Å². The van der Waals surface area contributed by atoms with E-state index < -0.39 is 0 Å². The van der Waals surface area contributed by atoms with E-state index in [-0.39, 0.29) is 5.41 Å². The minimum absolute atomic E-state index is 0.0166. The van der Waals surface area contributed by atoms with Gasteiger partial charge in [-0.1, -0.05) is 32.0 Å². The van der Waals surface area contributed by atoms with Crippen molar-refractivity contribution in [1.29, 1.82) is 0 Å². The Bertz CT molecular complexity index is 757. The molecule has 2 aromatic carbocycles. The van der Waals surface area contributed by atoms with Crippen molar-refractivity contribution in [2.24, 2.45) is 4.99 Å².